The lowest BCUT2D eigenvalue weighted by molar-refractivity contribution is 0.629. The van der Waals surface area contributed by atoms with Crippen LogP contribution in [0.15, 0.2) is 24.4 Å². The Morgan fingerprint density at radius 3 is 2.89 bits per heavy atom. The van der Waals surface area contributed by atoms with E-state index < -0.39 is 5.82 Å². The fraction of sp³-hybridized carbons (Fsp3) is 0.308. The van der Waals surface area contributed by atoms with E-state index in [9.17, 15) is 4.39 Å². The summed E-state index contributed by atoms with van der Waals surface area (Å²) in [6, 6.07) is 4.79. The van der Waals surface area contributed by atoms with Crippen LogP contribution in [0.2, 0.25) is 5.02 Å². The molecule has 0 aliphatic heterocycles. The molecule has 0 atom stereocenters. The molecule has 0 fully saturated rings. The summed E-state index contributed by atoms with van der Waals surface area (Å²) in [6.07, 6.45) is 1.75. The summed E-state index contributed by atoms with van der Waals surface area (Å²) in [5, 5.41) is 4.24. The molecule has 0 bridgehead atoms. The molecule has 1 aromatic heterocycles. The van der Waals surface area contributed by atoms with Crippen molar-refractivity contribution in [1.82, 2.24) is 4.98 Å². The zero-order valence-corrected chi connectivity index (χ0v) is 11.8. The summed E-state index contributed by atoms with van der Waals surface area (Å²) in [5.74, 6) is 0.157. The molecule has 2 aromatic rings. The van der Waals surface area contributed by atoms with Crippen LogP contribution in [0.5, 0.6) is 0 Å². The smallest absolute Gasteiger partial charge is 0.183 e. The topological polar surface area (TPSA) is 24.9 Å². The minimum atomic E-state index is -0.403. The Balaban J connectivity index is 2.16. The zero-order chi connectivity index (χ0) is 13.1. The first-order valence-corrected chi connectivity index (χ1v) is 6.91. The van der Waals surface area contributed by atoms with Crippen LogP contribution >= 0.6 is 22.9 Å². The molecule has 1 heterocycles. The van der Waals surface area contributed by atoms with Gasteiger partial charge in [-0.2, -0.15) is 0 Å². The van der Waals surface area contributed by atoms with Gasteiger partial charge in [-0.05, 0) is 23.6 Å². The maximum Gasteiger partial charge on any atom is 0.183 e. The van der Waals surface area contributed by atoms with Crippen LogP contribution in [0.3, 0.4) is 0 Å². The normalized spacial score (nSPS) is 10.9. The van der Waals surface area contributed by atoms with E-state index in [-0.39, 0.29) is 5.02 Å². The second-order valence-electron chi connectivity index (χ2n) is 4.43. The van der Waals surface area contributed by atoms with E-state index >= 15 is 0 Å². The van der Waals surface area contributed by atoms with Crippen molar-refractivity contribution in [2.24, 2.45) is 5.92 Å². The molecule has 1 N–H and O–H groups in total. The Labute approximate surface area is 115 Å². The Morgan fingerprint density at radius 1 is 1.44 bits per heavy atom. The van der Waals surface area contributed by atoms with Gasteiger partial charge in [0.25, 0.3) is 0 Å². The van der Waals surface area contributed by atoms with Gasteiger partial charge >= 0.3 is 0 Å². The fourth-order valence-corrected chi connectivity index (χ4v) is 2.37. The Bertz CT molecular complexity index is 540. The van der Waals surface area contributed by atoms with Gasteiger partial charge in [0.1, 0.15) is 5.82 Å². The van der Waals surface area contributed by atoms with E-state index in [1.165, 1.54) is 17.4 Å². The predicted octanol–water partition coefficient (Wildman–Crippen LogP) is 4.67. The molecule has 18 heavy (non-hydrogen) atoms. The molecule has 0 radical (unpaired) electrons. The molecular formula is C13H14ClFN2S. The van der Waals surface area contributed by atoms with Crippen molar-refractivity contribution in [3.05, 3.63) is 35.2 Å². The van der Waals surface area contributed by atoms with Crippen molar-refractivity contribution < 1.29 is 4.39 Å². The van der Waals surface area contributed by atoms with Crippen LogP contribution in [0.4, 0.5) is 9.52 Å². The average molecular weight is 285 g/mol. The first-order valence-electron chi connectivity index (χ1n) is 5.71. The van der Waals surface area contributed by atoms with Crippen LogP contribution in [0, 0.1) is 11.7 Å². The van der Waals surface area contributed by atoms with E-state index in [2.05, 4.69) is 24.1 Å². The van der Waals surface area contributed by atoms with Crippen molar-refractivity contribution in [2.45, 2.75) is 13.8 Å². The summed E-state index contributed by atoms with van der Waals surface area (Å²) >= 11 is 7.17. The van der Waals surface area contributed by atoms with Gasteiger partial charge in [-0.1, -0.05) is 42.9 Å². The SMILES string of the molecule is CC(C)CNc1ncc(-c2ccc(Cl)c(F)c2)s1. The molecule has 1 aromatic carbocycles. The molecular weight excluding hydrogens is 271 g/mol. The lowest BCUT2D eigenvalue weighted by Gasteiger charge is -2.04. The number of halogens is 2. The molecule has 0 unspecified atom stereocenters. The Kier molecular flexibility index (Phi) is 4.19. The van der Waals surface area contributed by atoms with E-state index in [1.807, 2.05) is 0 Å². The number of thiazole rings is 1. The molecule has 0 spiro atoms. The van der Waals surface area contributed by atoms with Crippen molar-refractivity contribution in [1.29, 1.82) is 0 Å². The molecule has 0 aliphatic rings. The fourth-order valence-electron chi connectivity index (χ4n) is 1.43. The highest BCUT2D eigenvalue weighted by atomic mass is 35.5. The van der Waals surface area contributed by atoms with E-state index in [1.54, 1.807) is 18.3 Å². The molecule has 0 amide bonds. The first-order chi connectivity index (χ1) is 8.56. The third-order valence-electron chi connectivity index (χ3n) is 2.37. The summed E-state index contributed by atoms with van der Waals surface area (Å²) < 4.78 is 13.4. The number of benzene rings is 1. The molecule has 5 heteroatoms. The van der Waals surface area contributed by atoms with Gasteiger partial charge < -0.3 is 5.32 Å². The standard InChI is InChI=1S/C13H14ClFN2S/c1-8(2)6-16-13-17-7-12(18-13)9-3-4-10(14)11(15)5-9/h3-5,7-8H,6H2,1-2H3,(H,16,17). The maximum absolute atomic E-state index is 13.4. The summed E-state index contributed by atoms with van der Waals surface area (Å²) in [7, 11) is 0. The summed E-state index contributed by atoms with van der Waals surface area (Å²) in [4.78, 5) is 5.20. The second-order valence-corrected chi connectivity index (χ2v) is 5.87. The highest BCUT2D eigenvalue weighted by Crippen LogP contribution is 2.30. The van der Waals surface area contributed by atoms with Gasteiger partial charge in [0.05, 0.1) is 9.90 Å². The number of aromatic nitrogens is 1. The van der Waals surface area contributed by atoms with Crippen molar-refractivity contribution in [2.75, 3.05) is 11.9 Å². The van der Waals surface area contributed by atoms with Gasteiger partial charge in [0, 0.05) is 12.7 Å². The molecule has 2 rings (SSSR count). The van der Waals surface area contributed by atoms with Crippen molar-refractivity contribution in [3.63, 3.8) is 0 Å². The molecule has 0 saturated heterocycles. The highest BCUT2D eigenvalue weighted by molar-refractivity contribution is 7.18. The van der Waals surface area contributed by atoms with Crippen LogP contribution in [0.25, 0.3) is 10.4 Å². The van der Waals surface area contributed by atoms with Gasteiger partial charge in [0.2, 0.25) is 0 Å². The minimum absolute atomic E-state index is 0.140. The first kappa shape index (κ1) is 13.3. The van der Waals surface area contributed by atoms with Crippen LogP contribution < -0.4 is 5.32 Å². The second kappa shape index (κ2) is 5.67. The third-order valence-corrected chi connectivity index (χ3v) is 3.68. The third kappa shape index (κ3) is 3.21. The predicted molar refractivity (Wildman–Crippen MR) is 75.8 cm³/mol. The highest BCUT2D eigenvalue weighted by Gasteiger charge is 2.07. The number of hydrogen-bond acceptors (Lipinski definition) is 3. The average Bonchev–Trinajstić information content (AvgIpc) is 2.79. The van der Waals surface area contributed by atoms with Crippen LogP contribution in [-0.4, -0.2) is 11.5 Å². The van der Waals surface area contributed by atoms with Crippen LogP contribution in [0.1, 0.15) is 13.8 Å². The summed E-state index contributed by atoms with van der Waals surface area (Å²) in [5.41, 5.74) is 0.798. The summed E-state index contributed by atoms with van der Waals surface area (Å²) in [6.45, 7) is 5.15. The van der Waals surface area contributed by atoms with Crippen LogP contribution in [-0.2, 0) is 0 Å². The number of nitrogens with zero attached hydrogens (tertiary/aromatic N) is 1. The van der Waals surface area contributed by atoms with E-state index in [4.69, 9.17) is 11.6 Å². The Hall–Kier alpha value is -1.13. The Morgan fingerprint density at radius 2 is 2.22 bits per heavy atom. The van der Waals surface area contributed by atoms with E-state index in [0.717, 1.165) is 22.1 Å². The molecule has 0 saturated carbocycles. The monoisotopic (exact) mass is 284 g/mol. The maximum atomic E-state index is 13.4. The molecule has 96 valence electrons. The number of hydrogen-bond donors (Lipinski definition) is 1. The quantitative estimate of drug-likeness (QED) is 0.882. The van der Waals surface area contributed by atoms with Crippen molar-refractivity contribution >= 4 is 28.1 Å². The number of nitrogens with one attached hydrogen (secondary N) is 1. The molecule has 0 aliphatic carbocycles. The molecule has 2 nitrogen and oxygen atoms in total. The number of rotatable bonds is 4. The van der Waals surface area contributed by atoms with Gasteiger partial charge in [-0.3, -0.25) is 0 Å². The lowest BCUT2D eigenvalue weighted by atomic mass is 10.2. The van der Waals surface area contributed by atoms with Gasteiger partial charge in [-0.15, -0.1) is 0 Å². The van der Waals surface area contributed by atoms with Gasteiger partial charge in [0.15, 0.2) is 5.13 Å². The van der Waals surface area contributed by atoms with Crippen molar-refractivity contribution in [3.8, 4) is 10.4 Å². The zero-order valence-electron chi connectivity index (χ0n) is 10.2. The number of anilines is 1. The largest absolute Gasteiger partial charge is 0.361 e. The minimum Gasteiger partial charge on any atom is -0.361 e. The lowest BCUT2D eigenvalue weighted by Crippen LogP contribution is -2.07. The van der Waals surface area contributed by atoms with Gasteiger partial charge in [-0.25, -0.2) is 9.37 Å². The van der Waals surface area contributed by atoms with E-state index in [0.29, 0.717) is 5.92 Å².